The number of nitrogens with one attached hydrogen (secondary N) is 1. The Morgan fingerprint density at radius 3 is 2.82 bits per heavy atom. The van der Waals surface area contributed by atoms with Gasteiger partial charge in [-0.2, -0.15) is 5.10 Å². The van der Waals surface area contributed by atoms with E-state index in [4.69, 9.17) is 9.47 Å². The highest BCUT2D eigenvalue weighted by Gasteiger charge is 2.08. The van der Waals surface area contributed by atoms with Crippen LogP contribution >= 0.6 is 0 Å². The molecule has 4 nitrogen and oxygen atoms in total. The minimum absolute atomic E-state index is 0.355. The van der Waals surface area contributed by atoms with Crippen LogP contribution in [0.1, 0.15) is 0 Å². The lowest BCUT2D eigenvalue weighted by molar-refractivity contribution is 0.146. The number of hydrogen-bond acceptors (Lipinski definition) is 3. The third kappa shape index (κ3) is 2.82. The van der Waals surface area contributed by atoms with Crippen LogP contribution in [0, 0.1) is 5.82 Å². The number of ether oxygens (including phenoxy) is 2. The molecule has 1 aromatic heterocycles. The molecular weight excluding hydrogens is 223 g/mol. The zero-order chi connectivity index (χ0) is 12.1. The maximum atomic E-state index is 13.8. The van der Waals surface area contributed by atoms with E-state index in [0.29, 0.717) is 30.2 Å². The molecule has 0 atom stereocenters. The van der Waals surface area contributed by atoms with Gasteiger partial charge in [0.05, 0.1) is 12.3 Å². The largest absolute Gasteiger partial charge is 0.491 e. The number of aromatic amines is 1. The molecule has 1 N–H and O–H groups in total. The van der Waals surface area contributed by atoms with Gasteiger partial charge in [0.25, 0.3) is 0 Å². The molecule has 0 saturated heterocycles. The van der Waals surface area contributed by atoms with E-state index in [1.54, 1.807) is 31.5 Å². The van der Waals surface area contributed by atoms with Crippen molar-refractivity contribution in [2.75, 3.05) is 20.3 Å². The first-order valence-electron chi connectivity index (χ1n) is 5.22. The van der Waals surface area contributed by atoms with E-state index >= 15 is 0 Å². The van der Waals surface area contributed by atoms with Gasteiger partial charge in [-0.05, 0) is 18.2 Å². The fourth-order valence-electron chi connectivity index (χ4n) is 1.45. The molecule has 1 aromatic carbocycles. The van der Waals surface area contributed by atoms with E-state index in [2.05, 4.69) is 10.2 Å². The Labute approximate surface area is 98.4 Å². The first-order valence-corrected chi connectivity index (χ1v) is 5.22. The molecule has 0 aliphatic carbocycles. The van der Waals surface area contributed by atoms with Crippen molar-refractivity contribution in [2.45, 2.75) is 0 Å². The average molecular weight is 236 g/mol. The Bertz CT molecular complexity index is 471. The highest BCUT2D eigenvalue weighted by Crippen LogP contribution is 2.24. The van der Waals surface area contributed by atoms with Crippen molar-refractivity contribution in [3.05, 3.63) is 36.3 Å². The van der Waals surface area contributed by atoms with Crippen molar-refractivity contribution in [2.24, 2.45) is 0 Å². The summed E-state index contributed by atoms with van der Waals surface area (Å²) in [7, 11) is 1.59. The first kappa shape index (κ1) is 11.6. The van der Waals surface area contributed by atoms with E-state index in [-0.39, 0.29) is 5.82 Å². The molecule has 0 unspecified atom stereocenters. The summed E-state index contributed by atoms with van der Waals surface area (Å²) in [5.41, 5.74) is 1.02. The van der Waals surface area contributed by atoms with Gasteiger partial charge < -0.3 is 9.47 Å². The minimum Gasteiger partial charge on any atom is -0.491 e. The van der Waals surface area contributed by atoms with Crippen LogP contribution in [0.3, 0.4) is 0 Å². The summed E-state index contributed by atoms with van der Waals surface area (Å²) < 4.78 is 23.9. The monoisotopic (exact) mass is 236 g/mol. The van der Waals surface area contributed by atoms with Crippen molar-refractivity contribution < 1.29 is 13.9 Å². The molecule has 5 heteroatoms. The number of benzene rings is 1. The lowest BCUT2D eigenvalue weighted by atomic mass is 10.1. The lowest BCUT2D eigenvalue weighted by Crippen LogP contribution is -2.04. The maximum Gasteiger partial charge on any atom is 0.136 e. The number of hydrogen-bond donors (Lipinski definition) is 1. The molecule has 0 bridgehead atoms. The van der Waals surface area contributed by atoms with E-state index in [1.807, 2.05) is 0 Å². The van der Waals surface area contributed by atoms with Gasteiger partial charge in [-0.1, -0.05) is 0 Å². The topological polar surface area (TPSA) is 47.1 Å². The zero-order valence-electron chi connectivity index (χ0n) is 9.44. The quantitative estimate of drug-likeness (QED) is 0.810. The molecule has 0 aliphatic heterocycles. The standard InChI is InChI=1S/C12H13FN2O2/c1-16-6-7-17-9-2-3-10(11(13)8-9)12-4-5-14-15-12/h2-5,8H,6-7H2,1H3,(H,14,15). The van der Waals surface area contributed by atoms with Crippen LogP contribution in [0.5, 0.6) is 5.75 Å². The number of methoxy groups -OCH3 is 1. The van der Waals surface area contributed by atoms with Crippen molar-refractivity contribution in [1.29, 1.82) is 0 Å². The Morgan fingerprint density at radius 2 is 2.18 bits per heavy atom. The van der Waals surface area contributed by atoms with Crippen molar-refractivity contribution in [1.82, 2.24) is 10.2 Å². The molecule has 2 aromatic rings. The smallest absolute Gasteiger partial charge is 0.136 e. The second kappa shape index (κ2) is 5.45. The van der Waals surface area contributed by atoms with Gasteiger partial charge in [0.15, 0.2) is 0 Å². The fraction of sp³-hybridized carbons (Fsp3) is 0.250. The highest BCUT2D eigenvalue weighted by molar-refractivity contribution is 5.60. The van der Waals surface area contributed by atoms with Crippen molar-refractivity contribution in [3.63, 3.8) is 0 Å². The molecule has 0 spiro atoms. The molecule has 17 heavy (non-hydrogen) atoms. The van der Waals surface area contributed by atoms with Crippen LogP contribution in [-0.2, 0) is 4.74 Å². The highest BCUT2D eigenvalue weighted by atomic mass is 19.1. The van der Waals surface area contributed by atoms with Crippen molar-refractivity contribution in [3.8, 4) is 17.0 Å². The van der Waals surface area contributed by atoms with E-state index in [0.717, 1.165) is 0 Å². The summed E-state index contributed by atoms with van der Waals surface area (Å²) in [4.78, 5) is 0. The maximum absolute atomic E-state index is 13.8. The summed E-state index contributed by atoms with van der Waals surface area (Å²) >= 11 is 0. The van der Waals surface area contributed by atoms with Crippen LogP contribution in [0.4, 0.5) is 4.39 Å². The summed E-state index contributed by atoms with van der Waals surface area (Å²) in [6, 6.07) is 6.42. The van der Waals surface area contributed by atoms with Gasteiger partial charge in [-0.25, -0.2) is 4.39 Å². The first-order chi connectivity index (χ1) is 8.31. The summed E-state index contributed by atoms with van der Waals surface area (Å²) in [6.45, 7) is 0.875. The van der Waals surface area contributed by atoms with Crippen LogP contribution in [0.2, 0.25) is 0 Å². The normalized spacial score (nSPS) is 10.5. The molecular formula is C12H13FN2O2. The fourth-order valence-corrected chi connectivity index (χ4v) is 1.45. The number of rotatable bonds is 5. The SMILES string of the molecule is COCCOc1ccc(-c2cc[nH]n2)c(F)c1. The number of halogens is 1. The number of aromatic nitrogens is 2. The van der Waals surface area contributed by atoms with Gasteiger partial charge in [-0.15, -0.1) is 0 Å². The molecule has 90 valence electrons. The van der Waals surface area contributed by atoms with Crippen LogP contribution < -0.4 is 4.74 Å². The predicted octanol–water partition coefficient (Wildman–Crippen LogP) is 2.24. The summed E-state index contributed by atoms with van der Waals surface area (Å²) in [5, 5.41) is 6.57. The Balaban J connectivity index is 2.12. The molecule has 0 amide bonds. The second-order valence-electron chi connectivity index (χ2n) is 3.44. The van der Waals surface area contributed by atoms with E-state index in [1.165, 1.54) is 6.07 Å². The van der Waals surface area contributed by atoms with Gasteiger partial charge in [0.2, 0.25) is 0 Å². The van der Waals surface area contributed by atoms with Gasteiger partial charge >= 0.3 is 0 Å². The summed E-state index contributed by atoms with van der Waals surface area (Å²) in [6.07, 6.45) is 1.65. The van der Waals surface area contributed by atoms with Gasteiger partial charge in [0.1, 0.15) is 18.2 Å². The minimum atomic E-state index is -0.355. The van der Waals surface area contributed by atoms with Crippen LogP contribution in [-0.4, -0.2) is 30.5 Å². The van der Waals surface area contributed by atoms with Gasteiger partial charge in [-0.3, -0.25) is 5.10 Å². The Morgan fingerprint density at radius 1 is 1.29 bits per heavy atom. The Hall–Kier alpha value is -1.88. The molecule has 0 fully saturated rings. The van der Waals surface area contributed by atoms with E-state index < -0.39 is 0 Å². The van der Waals surface area contributed by atoms with Crippen LogP contribution in [0.25, 0.3) is 11.3 Å². The average Bonchev–Trinajstić information content (AvgIpc) is 2.83. The predicted molar refractivity (Wildman–Crippen MR) is 61.4 cm³/mol. The number of H-pyrrole nitrogens is 1. The van der Waals surface area contributed by atoms with Crippen LogP contribution in [0.15, 0.2) is 30.5 Å². The third-order valence-electron chi connectivity index (χ3n) is 2.27. The third-order valence-corrected chi connectivity index (χ3v) is 2.27. The molecule has 0 aliphatic rings. The second-order valence-corrected chi connectivity index (χ2v) is 3.44. The van der Waals surface area contributed by atoms with Crippen molar-refractivity contribution >= 4 is 0 Å². The summed E-state index contributed by atoms with van der Waals surface area (Å²) in [5.74, 6) is 0.130. The number of nitrogens with zero attached hydrogens (tertiary/aromatic N) is 1. The zero-order valence-corrected chi connectivity index (χ0v) is 9.44. The molecule has 0 saturated carbocycles. The molecule has 1 heterocycles. The Kier molecular flexibility index (Phi) is 3.72. The molecule has 0 radical (unpaired) electrons. The van der Waals surface area contributed by atoms with E-state index in [9.17, 15) is 4.39 Å². The molecule has 2 rings (SSSR count). The lowest BCUT2D eigenvalue weighted by Gasteiger charge is -2.06. The van der Waals surface area contributed by atoms with Gasteiger partial charge in [0, 0.05) is 24.9 Å².